The van der Waals surface area contributed by atoms with Crippen molar-refractivity contribution in [1.29, 1.82) is 0 Å². The predicted octanol–water partition coefficient (Wildman–Crippen LogP) is 3.65. The number of aliphatic hydroxyl groups is 1. The van der Waals surface area contributed by atoms with Crippen molar-refractivity contribution in [2.24, 2.45) is 11.7 Å². The highest BCUT2D eigenvalue weighted by molar-refractivity contribution is 5.28. The second kappa shape index (κ2) is 6.14. The van der Waals surface area contributed by atoms with Gasteiger partial charge in [-0.05, 0) is 36.5 Å². The van der Waals surface area contributed by atoms with Gasteiger partial charge < -0.3 is 10.8 Å². The van der Waals surface area contributed by atoms with Crippen LogP contribution in [0, 0.1) is 5.92 Å². The molecule has 5 heteroatoms. The average Bonchev–Trinajstić information content (AvgIpc) is 2.46. The van der Waals surface area contributed by atoms with Gasteiger partial charge in [-0.25, -0.2) is 0 Å². The summed E-state index contributed by atoms with van der Waals surface area (Å²) in [5.74, 6) is 0.0910. The largest absolute Gasteiger partial charge is 0.416 e. The maximum absolute atomic E-state index is 12.7. The Hall–Kier alpha value is -1.07. The lowest BCUT2D eigenvalue weighted by atomic mass is 9.81. The van der Waals surface area contributed by atoms with E-state index in [4.69, 9.17) is 5.73 Å². The molecule has 0 amide bonds. The highest BCUT2D eigenvalue weighted by Crippen LogP contribution is 2.34. The second-order valence-corrected chi connectivity index (χ2v) is 5.54. The van der Waals surface area contributed by atoms with Crippen LogP contribution in [0.25, 0.3) is 0 Å². The molecule has 2 atom stereocenters. The van der Waals surface area contributed by atoms with Gasteiger partial charge in [0.1, 0.15) is 0 Å². The van der Waals surface area contributed by atoms with Gasteiger partial charge in [0.2, 0.25) is 0 Å². The van der Waals surface area contributed by atoms with Gasteiger partial charge in [-0.15, -0.1) is 0 Å². The molecule has 1 fully saturated rings. The molecule has 0 aliphatic heterocycles. The summed E-state index contributed by atoms with van der Waals surface area (Å²) < 4.78 is 38.1. The third-order valence-electron chi connectivity index (χ3n) is 4.10. The lowest BCUT2D eigenvalue weighted by Gasteiger charge is -2.30. The summed E-state index contributed by atoms with van der Waals surface area (Å²) in [7, 11) is 0. The molecule has 2 rings (SSSR count). The van der Waals surface area contributed by atoms with Gasteiger partial charge in [-0.3, -0.25) is 0 Å². The highest BCUT2D eigenvalue weighted by Gasteiger charge is 2.32. The molecule has 0 saturated heterocycles. The molecule has 1 aromatic carbocycles. The summed E-state index contributed by atoms with van der Waals surface area (Å²) in [5, 5.41) is 10.3. The van der Waals surface area contributed by atoms with Crippen molar-refractivity contribution in [2.75, 3.05) is 0 Å². The first-order chi connectivity index (χ1) is 9.39. The molecule has 2 nitrogen and oxygen atoms in total. The Morgan fingerprint density at radius 1 is 1.15 bits per heavy atom. The SMILES string of the molecule is N[C@@H](c1cccc(C(F)(F)F)c1)[C@H](O)C1CCCCC1. The molecule has 0 bridgehead atoms. The molecule has 0 radical (unpaired) electrons. The van der Waals surface area contributed by atoms with Crippen LogP contribution in [-0.4, -0.2) is 11.2 Å². The number of alkyl halides is 3. The van der Waals surface area contributed by atoms with E-state index >= 15 is 0 Å². The molecule has 0 spiro atoms. The normalized spacial score (nSPS) is 20.6. The molecule has 3 N–H and O–H groups in total. The molecule has 20 heavy (non-hydrogen) atoms. The van der Waals surface area contributed by atoms with Crippen LogP contribution < -0.4 is 5.73 Å². The molecule has 1 aromatic rings. The van der Waals surface area contributed by atoms with E-state index in [1.807, 2.05) is 0 Å². The molecule has 1 aliphatic carbocycles. The maximum atomic E-state index is 12.7. The predicted molar refractivity (Wildman–Crippen MR) is 71.0 cm³/mol. The van der Waals surface area contributed by atoms with Crippen LogP contribution in [0.1, 0.15) is 49.3 Å². The molecule has 1 aliphatic rings. The van der Waals surface area contributed by atoms with Gasteiger partial charge in [0, 0.05) is 0 Å². The van der Waals surface area contributed by atoms with Crippen molar-refractivity contribution >= 4 is 0 Å². The smallest absolute Gasteiger partial charge is 0.391 e. The lowest BCUT2D eigenvalue weighted by Crippen LogP contribution is -2.34. The second-order valence-electron chi connectivity index (χ2n) is 5.54. The Bertz CT molecular complexity index is 441. The van der Waals surface area contributed by atoms with E-state index in [9.17, 15) is 18.3 Å². The first-order valence-electron chi connectivity index (χ1n) is 7.00. The molecular formula is C15H20F3NO. The van der Waals surface area contributed by atoms with Crippen LogP contribution >= 0.6 is 0 Å². The first kappa shape index (κ1) is 15.3. The minimum atomic E-state index is -4.38. The minimum absolute atomic E-state index is 0.0910. The Morgan fingerprint density at radius 2 is 1.80 bits per heavy atom. The van der Waals surface area contributed by atoms with E-state index in [1.54, 1.807) is 6.07 Å². The number of aliphatic hydroxyl groups excluding tert-OH is 1. The van der Waals surface area contributed by atoms with Gasteiger partial charge in [0.15, 0.2) is 0 Å². The number of rotatable bonds is 3. The molecule has 1 saturated carbocycles. The summed E-state index contributed by atoms with van der Waals surface area (Å²) in [6.07, 6.45) is -0.109. The Kier molecular flexibility index (Phi) is 4.70. The summed E-state index contributed by atoms with van der Waals surface area (Å²) in [6, 6.07) is 4.18. The Morgan fingerprint density at radius 3 is 2.40 bits per heavy atom. The Labute approximate surface area is 116 Å². The van der Waals surface area contributed by atoms with Crippen molar-refractivity contribution in [3.05, 3.63) is 35.4 Å². The van der Waals surface area contributed by atoms with E-state index in [-0.39, 0.29) is 5.92 Å². The standard InChI is InChI=1S/C15H20F3NO/c16-15(17,18)12-8-4-7-11(9-12)13(19)14(20)10-5-2-1-3-6-10/h4,7-10,13-14,20H,1-3,5-6,19H2/t13-,14+/m0/s1. The zero-order chi connectivity index (χ0) is 14.8. The van der Waals surface area contributed by atoms with Crippen molar-refractivity contribution in [2.45, 2.75) is 50.4 Å². The number of hydrogen-bond donors (Lipinski definition) is 2. The maximum Gasteiger partial charge on any atom is 0.416 e. The third-order valence-corrected chi connectivity index (χ3v) is 4.10. The van der Waals surface area contributed by atoms with Crippen molar-refractivity contribution in [3.8, 4) is 0 Å². The quantitative estimate of drug-likeness (QED) is 0.891. The van der Waals surface area contributed by atoms with Crippen LogP contribution in [0.5, 0.6) is 0 Å². The number of halogens is 3. The molecule has 0 aromatic heterocycles. The lowest BCUT2D eigenvalue weighted by molar-refractivity contribution is -0.137. The molecule has 112 valence electrons. The Balaban J connectivity index is 2.13. The number of nitrogens with two attached hydrogens (primary N) is 1. The summed E-state index contributed by atoms with van der Waals surface area (Å²) in [5.41, 5.74) is 5.59. The van der Waals surface area contributed by atoms with Gasteiger partial charge >= 0.3 is 6.18 Å². The van der Waals surface area contributed by atoms with Crippen LogP contribution in [0.15, 0.2) is 24.3 Å². The van der Waals surface area contributed by atoms with E-state index in [1.165, 1.54) is 6.07 Å². The number of hydrogen-bond acceptors (Lipinski definition) is 2. The summed E-state index contributed by atoms with van der Waals surface area (Å²) in [4.78, 5) is 0. The van der Waals surface area contributed by atoms with Crippen LogP contribution in [0.4, 0.5) is 13.2 Å². The monoisotopic (exact) mass is 287 g/mol. The fourth-order valence-corrected chi connectivity index (χ4v) is 2.89. The topological polar surface area (TPSA) is 46.2 Å². The summed E-state index contributed by atoms with van der Waals surface area (Å²) >= 11 is 0. The zero-order valence-electron chi connectivity index (χ0n) is 11.2. The van der Waals surface area contributed by atoms with Crippen molar-refractivity contribution in [3.63, 3.8) is 0 Å². The van der Waals surface area contributed by atoms with Gasteiger partial charge in [-0.1, -0.05) is 31.4 Å². The first-order valence-corrected chi connectivity index (χ1v) is 7.00. The van der Waals surface area contributed by atoms with Crippen LogP contribution in [0.2, 0.25) is 0 Å². The van der Waals surface area contributed by atoms with Crippen LogP contribution in [-0.2, 0) is 6.18 Å². The summed E-state index contributed by atoms with van der Waals surface area (Å²) in [6.45, 7) is 0. The van der Waals surface area contributed by atoms with Crippen LogP contribution in [0.3, 0.4) is 0 Å². The van der Waals surface area contributed by atoms with Gasteiger partial charge in [-0.2, -0.15) is 13.2 Å². The van der Waals surface area contributed by atoms with Crippen molar-refractivity contribution < 1.29 is 18.3 Å². The van der Waals surface area contributed by atoms with Gasteiger partial charge in [0.25, 0.3) is 0 Å². The zero-order valence-corrected chi connectivity index (χ0v) is 11.2. The van der Waals surface area contributed by atoms with E-state index < -0.39 is 23.9 Å². The highest BCUT2D eigenvalue weighted by atomic mass is 19.4. The minimum Gasteiger partial charge on any atom is -0.391 e. The molecule has 0 heterocycles. The number of benzene rings is 1. The van der Waals surface area contributed by atoms with E-state index in [0.29, 0.717) is 5.56 Å². The average molecular weight is 287 g/mol. The van der Waals surface area contributed by atoms with E-state index in [2.05, 4.69) is 0 Å². The third kappa shape index (κ3) is 3.52. The fourth-order valence-electron chi connectivity index (χ4n) is 2.89. The molecular weight excluding hydrogens is 267 g/mol. The van der Waals surface area contributed by atoms with Crippen molar-refractivity contribution in [1.82, 2.24) is 0 Å². The molecule has 0 unspecified atom stereocenters. The van der Waals surface area contributed by atoms with E-state index in [0.717, 1.165) is 44.2 Å². The van der Waals surface area contributed by atoms with Gasteiger partial charge in [0.05, 0.1) is 17.7 Å². The fraction of sp³-hybridized carbons (Fsp3) is 0.600.